The number of halogens is 2. The molecule has 1 aromatic heterocycles. The molecule has 1 heterocycles. The van der Waals surface area contributed by atoms with Gasteiger partial charge in [0.1, 0.15) is 5.15 Å². The Kier molecular flexibility index (Phi) is 3.79. The van der Waals surface area contributed by atoms with E-state index in [0.29, 0.717) is 22.0 Å². The van der Waals surface area contributed by atoms with Crippen LogP contribution >= 0.6 is 23.2 Å². The molecule has 4 nitrogen and oxygen atoms in total. The normalized spacial score (nSPS) is 10.2. The molecule has 0 unspecified atom stereocenters. The number of carbonyl (C=O) groups excluding carboxylic acids is 1. The van der Waals surface area contributed by atoms with E-state index in [2.05, 4.69) is 15.3 Å². The average molecular weight is 282 g/mol. The summed E-state index contributed by atoms with van der Waals surface area (Å²) in [6.45, 7) is 1.78. The quantitative estimate of drug-likeness (QED) is 0.919. The van der Waals surface area contributed by atoms with Crippen molar-refractivity contribution in [3.63, 3.8) is 0 Å². The first kappa shape index (κ1) is 12.8. The van der Waals surface area contributed by atoms with Gasteiger partial charge >= 0.3 is 0 Å². The Balaban J connectivity index is 2.25. The predicted molar refractivity (Wildman–Crippen MR) is 71.2 cm³/mol. The van der Waals surface area contributed by atoms with Crippen LogP contribution in [0, 0.1) is 6.92 Å². The predicted octanol–water partition coefficient (Wildman–Crippen LogP) is 3.34. The molecule has 6 heteroatoms. The van der Waals surface area contributed by atoms with Gasteiger partial charge in [-0.05, 0) is 24.6 Å². The largest absolute Gasteiger partial charge is 0.305 e. The summed E-state index contributed by atoms with van der Waals surface area (Å²) in [4.78, 5) is 19.8. The van der Waals surface area contributed by atoms with Crippen LogP contribution in [-0.2, 0) is 0 Å². The minimum absolute atomic E-state index is 0.218. The van der Waals surface area contributed by atoms with Crippen molar-refractivity contribution in [2.45, 2.75) is 6.92 Å². The van der Waals surface area contributed by atoms with Gasteiger partial charge in [0.25, 0.3) is 5.91 Å². The maximum atomic E-state index is 12.0. The van der Waals surface area contributed by atoms with Gasteiger partial charge in [-0.15, -0.1) is 0 Å². The Morgan fingerprint density at radius 3 is 2.78 bits per heavy atom. The molecule has 0 saturated carbocycles. The van der Waals surface area contributed by atoms with Gasteiger partial charge in [-0.1, -0.05) is 29.3 Å². The van der Waals surface area contributed by atoms with Crippen molar-refractivity contribution in [1.29, 1.82) is 0 Å². The lowest BCUT2D eigenvalue weighted by atomic mass is 10.1. The number of nitrogens with one attached hydrogen (secondary N) is 1. The Hall–Kier alpha value is -1.65. The van der Waals surface area contributed by atoms with Crippen LogP contribution in [0.1, 0.15) is 15.9 Å². The van der Waals surface area contributed by atoms with Gasteiger partial charge in [-0.25, -0.2) is 4.98 Å². The molecule has 0 aliphatic rings. The lowest BCUT2D eigenvalue weighted by Gasteiger charge is -2.07. The fourth-order valence-electron chi connectivity index (χ4n) is 1.44. The van der Waals surface area contributed by atoms with E-state index in [4.69, 9.17) is 23.2 Å². The van der Waals surface area contributed by atoms with Crippen LogP contribution in [0.3, 0.4) is 0 Å². The number of hydrogen-bond donors (Lipinski definition) is 1. The Bertz CT molecular complexity index is 602. The number of nitrogens with zero attached hydrogens (tertiary/aromatic N) is 2. The minimum atomic E-state index is -0.299. The fraction of sp³-hybridized carbons (Fsp3) is 0.0833. The number of rotatable bonds is 2. The van der Waals surface area contributed by atoms with Crippen LogP contribution in [0.15, 0.2) is 30.6 Å². The summed E-state index contributed by atoms with van der Waals surface area (Å²) in [5.74, 6) is -0.00144. The molecule has 1 amide bonds. The second kappa shape index (κ2) is 5.33. The third-order valence-electron chi connectivity index (χ3n) is 2.36. The van der Waals surface area contributed by atoms with E-state index in [-0.39, 0.29) is 11.1 Å². The molecule has 0 saturated heterocycles. The second-order valence-corrected chi connectivity index (χ2v) is 4.39. The van der Waals surface area contributed by atoms with Crippen molar-refractivity contribution in [1.82, 2.24) is 9.97 Å². The number of anilines is 1. The monoisotopic (exact) mass is 281 g/mol. The molecule has 18 heavy (non-hydrogen) atoms. The highest BCUT2D eigenvalue weighted by Gasteiger charge is 2.11. The summed E-state index contributed by atoms with van der Waals surface area (Å²) in [5.41, 5.74) is 1.20. The summed E-state index contributed by atoms with van der Waals surface area (Å²) in [7, 11) is 0. The zero-order valence-electron chi connectivity index (χ0n) is 9.45. The van der Waals surface area contributed by atoms with E-state index in [1.165, 1.54) is 12.4 Å². The molecule has 0 spiro atoms. The number of hydrogen-bond acceptors (Lipinski definition) is 3. The van der Waals surface area contributed by atoms with Crippen LogP contribution in [0.2, 0.25) is 10.2 Å². The summed E-state index contributed by atoms with van der Waals surface area (Å²) >= 11 is 11.6. The highest BCUT2D eigenvalue weighted by molar-refractivity contribution is 6.32. The average Bonchev–Trinajstić information content (AvgIpc) is 2.32. The van der Waals surface area contributed by atoms with E-state index in [1.807, 2.05) is 0 Å². The lowest BCUT2D eigenvalue weighted by molar-refractivity contribution is 0.102. The number of amides is 1. The number of benzene rings is 1. The van der Waals surface area contributed by atoms with Gasteiger partial charge in [-0.3, -0.25) is 9.78 Å². The van der Waals surface area contributed by atoms with Gasteiger partial charge in [0.05, 0.1) is 12.4 Å². The molecule has 2 rings (SSSR count). The molecule has 0 aliphatic carbocycles. The summed E-state index contributed by atoms with van der Waals surface area (Å²) in [5, 5.41) is 3.37. The van der Waals surface area contributed by atoms with Crippen molar-refractivity contribution < 1.29 is 4.79 Å². The van der Waals surface area contributed by atoms with Crippen molar-refractivity contribution in [2.75, 3.05) is 5.32 Å². The molecule has 92 valence electrons. The first-order valence-corrected chi connectivity index (χ1v) is 5.87. The molecule has 1 N–H and O–H groups in total. The maximum absolute atomic E-state index is 12.0. The zero-order valence-corrected chi connectivity index (χ0v) is 11.0. The number of carbonyl (C=O) groups is 1. The molecule has 0 aliphatic heterocycles. The lowest BCUT2D eigenvalue weighted by Crippen LogP contribution is -2.14. The van der Waals surface area contributed by atoms with Crippen LogP contribution < -0.4 is 5.32 Å². The number of aromatic nitrogens is 2. The van der Waals surface area contributed by atoms with Crippen LogP contribution in [0.4, 0.5) is 5.82 Å². The third kappa shape index (κ3) is 2.78. The van der Waals surface area contributed by atoms with E-state index in [0.717, 1.165) is 0 Å². The van der Waals surface area contributed by atoms with Crippen LogP contribution in [0.25, 0.3) is 0 Å². The third-order valence-corrected chi connectivity index (χ3v) is 2.95. The first-order valence-electron chi connectivity index (χ1n) is 5.12. The Morgan fingerprint density at radius 2 is 2.06 bits per heavy atom. The van der Waals surface area contributed by atoms with Gasteiger partial charge in [0, 0.05) is 10.6 Å². The van der Waals surface area contributed by atoms with Gasteiger partial charge in [0.15, 0.2) is 5.82 Å². The molecular formula is C12H9Cl2N3O. The van der Waals surface area contributed by atoms with Gasteiger partial charge in [-0.2, -0.15) is 0 Å². The van der Waals surface area contributed by atoms with Crippen LogP contribution in [-0.4, -0.2) is 15.9 Å². The van der Waals surface area contributed by atoms with E-state index >= 15 is 0 Å². The molecule has 0 radical (unpaired) electrons. The molecule has 0 fully saturated rings. The topological polar surface area (TPSA) is 54.9 Å². The molecular weight excluding hydrogens is 273 g/mol. The van der Waals surface area contributed by atoms with Crippen molar-refractivity contribution in [2.24, 2.45) is 0 Å². The molecule has 2 aromatic rings. The van der Waals surface area contributed by atoms with E-state index in [9.17, 15) is 4.79 Å². The Labute approximate surface area is 114 Å². The molecule has 0 bridgehead atoms. The van der Waals surface area contributed by atoms with Crippen LogP contribution in [0.5, 0.6) is 0 Å². The smallest absolute Gasteiger partial charge is 0.257 e. The van der Waals surface area contributed by atoms with Gasteiger partial charge in [0.2, 0.25) is 0 Å². The van der Waals surface area contributed by atoms with E-state index in [1.54, 1.807) is 25.1 Å². The standard InChI is InChI=1S/C12H9Cl2N3O/c1-7-8(3-2-4-9(7)13)12(18)17-11-6-15-5-10(14)16-11/h2-6H,1H3,(H,16,17,18). The first-order chi connectivity index (χ1) is 8.58. The van der Waals surface area contributed by atoms with Crippen molar-refractivity contribution in [3.8, 4) is 0 Å². The van der Waals surface area contributed by atoms with Crippen molar-refractivity contribution in [3.05, 3.63) is 51.9 Å². The SMILES string of the molecule is Cc1c(Cl)cccc1C(=O)Nc1cncc(Cl)n1. The fourth-order valence-corrected chi connectivity index (χ4v) is 1.76. The molecule has 0 atom stereocenters. The van der Waals surface area contributed by atoms with Crippen molar-refractivity contribution >= 4 is 34.9 Å². The second-order valence-electron chi connectivity index (χ2n) is 3.59. The van der Waals surface area contributed by atoms with Gasteiger partial charge < -0.3 is 5.32 Å². The Morgan fingerprint density at radius 1 is 1.28 bits per heavy atom. The molecule has 1 aromatic carbocycles. The highest BCUT2D eigenvalue weighted by atomic mass is 35.5. The summed E-state index contributed by atoms with van der Waals surface area (Å²) in [6, 6.07) is 5.13. The summed E-state index contributed by atoms with van der Waals surface area (Å²) in [6.07, 6.45) is 2.81. The van der Waals surface area contributed by atoms with E-state index < -0.39 is 0 Å². The summed E-state index contributed by atoms with van der Waals surface area (Å²) < 4.78 is 0. The zero-order chi connectivity index (χ0) is 13.1. The minimum Gasteiger partial charge on any atom is -0.305 e. The highest BCUT2D eigenvalue weighted by Crippen LogP contribution is 2.19. The maximum Gasteiger partial charge on any atom is 0.257 e.